The Morgan fingerprint density at radius 1 is 1.13 bits per heavy atom. The number of aryl methyl sites for hydroxylation is 2. The molecule has 2 aromatic carbocycles. The van der Waals surface area contributed by atoms with Crippen molar-refractivity contribution in [2.24, 2.45) is 0 Å². The lowest BCUT2D eigenvalue weighted by atomic mass is 10.1. The van der Waals surface area contributed by atoms with Crippen LogP contribution in [0.15, 0.2) is 63.5 Å². The van der Waals surface area contributed by atoms with Crippen molar-refractivity contribution >= 4 is 50.3 Å². The average molecular weight is 553 g/mol. The van der Waals surface area contributed by atoms with Gasteiger partial charge in [0, 0.05) is 24.8 Å². The third-order valence-electron chi connectivity index (χ3n) is 6.10. The van der Waals surface area contributed by atoms with E-state index in [2.05, 4.69) is 10.4 Å². The molecule has 196 valence electrons. The Balaban J connectivity index is 1.35. The molecule has 0 bridgehead atoms. The first kappa shape index (κ1) is 25.7. The Morgan fingerprint density at radius 2 is 1.87 bits per heavy atom. The fourth-order valence-corrected chi connectivity index (χ4v) is 6.51. The number of hydrogen-bond donors (Lipinski definition) is 2. The average Bonchev–Trinajstić information content (AvgIpc) is 3.43. The zero-order chi connectivity index (χ0) is 27.2. The highest BCUT2D eigenvalue weighted by molar-refractivity contribution is 7.99. The summed E-state index contributed by atoms with van der Waals surface area (Å²) in [5.74, 6) is -0.525. The largest absolute Gasteiger partial charge is 0.326 e. The van der Waals surface area contributed by atoms with Crippen molar-refractivity contribution in [3.05, 3.63) is 70.1 Å². The van der Waals surface area contributed by atoms with Gasteiger partial charge in [0.15, 0.2) is 10.8 Å². The molecule has 0 fully saturated rings. The van der Waals surface area contributed by atoms with Gasteiger partial charge >= 0.3 is 0 Å². The van der Waals surface area contributed by atoms with Gasteiger partial charge in [0.25, 0.3) is 15.6 Å². The van der Waals surface area contributed by atoms with Crippen LogP contribution < -0.4 is 15.6 Å². The Labute approximate surface area is 222 Å². The lowest BCUT2D eigenvalue weighted by Gasteiger charge is -2.14. The molecule has 0 saturated heterocycles. The summed E-state index contributed by atoms with van der Waals surface area (Å²) in [7, 11) is -3.97. The van der Waals surface area contributed by atoms with Gasteiger partial charge < -0.3 is 5.32 Å². The summed E-state index contributed by atoms with van der Waals surface area (Å²) < 4.78 is 29.3. The minimum atomic E-state index is -3.97. The highest BCUT2D eigenvalue weighted by Crippen LogP contribution is 2.34. The fraction of sp³-hybridized carbons (Fsp3) is 0.240. The number of fused-ring (bicyclic) bond motifs is 2. The minimum Gasteiger partial charge on any atom is -0.326 e. The zero-order valence-electron chi connectivity index (χ0n) is 20.8. The molecule has 1 aliphatic heterocycles. The molecule has 13 heteroatoms. The van der Waals surface area contributed by atoms with Crippen LogP contribution in [0.1, 0.15) is 30.5 Å². The number of nitrogens with one attached hydrogen (secondary N) is 2. The molecule has 5 rings (SSSR count). The summed E-state index contributed by atoms with van der Waals surface area (Å²) in [6, 6.07) is 11.0. The molecule has 4 aromatic rings. The fourth-order valence-electron chi connectivity index (χ4n) is 4.39. The summed E-state index contributed by atoms with van der Waals surface area (Å²) in [6.07, 6.45) is 1.54. The van der Waals surface area contributed by atoms with Crippen molar-refractivity contribution in [3.8, 4) is 5.69 Å². The summed E-state index contributed by atoms with van der Waals surface area (Å²) in [4.78, 5) is 41.9. The third-order valence-corrected chi connectivity index (χ3v) is 8.65. The van der Waals surface area contributed by atoms with E-state index in [-0.39, 0.29) is 22.8 Å². The van der Waals surface area contributed by atoms with Gasteiger partial charge in [-0.05, 0) is 49.7 Å². The van der Waals surface area contributed by atoms with Crippen molar-refractivity contribution in [3.63, 3.8) is 0 Å². The van der Waals surface area contributed by atoms with Crippen molar-refractivity contribution in [1.82, 2.24) is 24.1 Å². The summed E-state index contributed by atoms with van der Waals surface area (Å²) in [6.45, 7) is 5.10. The molecular weight excluding hydrogens is 528 g/mol. The van der Waals surface area contributed by atoms with Crippen LogP contribution in [0, 0.1) is 13.8 Å². The van der Waals surface area contributed by atoms with E-state index in [4.69, 9.17) is 4.98 Å². The predicted octanol–water partition coefficient (Wildman–Crippen LogP) is 2.70. The van der Waals surface area contributed by atoms with Crippen LogP contribution in [0.3, 0.4) is 0 Å². The maximum atomic E-state index is 13.4. The Morgan fingerprint density at radius 3 is 2.55 bits per heavy atom. The number of carbonyl (C=O) groups is 2. The Hall–Kier alpha value is -3.97. The van der Waals surface area contributed by atoms with Crippen molar-refractivity contribution in [1.29, 1.82) is 0 Å². The van der Waals surface area contributed by atoms with Gasteiger partial charge in [0.2, 0.25) is 11.8 Å². The topological polar surface area (TPSA) is 145 Å². The first-order valence-corrected chi connectivity index (χ1v) is 14.1. The number of rotatable bonds is 6. The highest BCUT2D eigenvalue weighted by atomic mass is 32.2. The van der Waals surface area contributed by atoms with E-state index in [0.29, 0.717) is 27.6 Å². The van der Waals surface area contributed by atoms with E-state index in [1.807, 2.05) is 36.8 Å². The monoisotopic (exact) mass is 552 g/mol. The summed E-state index contributed by atoms with van der Waals surface area (Å²) in [5.41, 5.74) is 3.59. The SMILES string of the molecule is CC(=O)NS(=O)(=O)c1ccc(NC(=O)CC2CSc3nc4c(cnn4-c4ccc(C)cc4C)c(=O)n32)cc1. The third kappa shape index (κ3) is 4.82. The molecule has 1 aliphatic rings. The second kappa shape index (κ2) is 9.72. The Kier molecular flexibility index (Phi) is 6.57. The number of benzene rings is 2. The number of hydrogen-bond acceptors (Lipinski definition) is 8. The van der Waals surface area contributed by atoms with Crippen LogP contribution in [-0.4, -0.2) is 45.3 Å². The number of nitrogens with zero attached hydrogens (tertiary/aromatic N) is 4. The zero-order valence-corrected chi connectivity index (χ0v) is 22.4. The van der Waals surface area contributed by atoms with E-state index in [9.17, 15) is 22.8 Å². The van der Waals surface area contributed by atoms with Gasteiger partial charge in [-0.3, -0.25) is 19.0 Å². The number of carbonyl (C=O) groups excluding carboxylic acids is 2. The van der Waals surface area contributed by atoms with E-state index in [0.717, 1.165) is 23.7 Å². The van der Waals surface area contributed by atoms with Gasteiger partial charge in [-0.2, -0.15) is 5.10 Å². The maximum absolute atomic E-state index is 13.4. The molecule has 1 atom stereocenters. The second-order valence-corrected chi connectivity index (χ2v) is 11.7. The molecule has 38 heavy (non-hydrogen) atoms. The number of sulfonamides is 1. The highest BCUT2D eigenvalue weighted by Gasteiger charge is 2.30. The van der Waals surface area contributed by atoms with Gasteiger partial charge in [-0.25, -0.2) is 22.8 Å². The first-order chi connectivity index (χ1) is 18.0. The molecule has 2 aromatic heterocycles. The van der Waals surface area contributed by atoms with E-state index in [1.165, 1.54) is 42.2 Å². The van der Waals surface area contributed by atoms with Gasteiger partial charge in [-0.15, -0.1) is 0 Å². The van der Waals surface area contributed by atoms with Crippen molar-refractivity contribution < 1.29 is 18.0 Å². The maximum Gasteiger partial charge on any atom is 0.265 e. The second-order valence-electron chi connectivity index (χ2n) is 9.06. The van der Waals surface area contributed by atoms with Gasteiger partial charge in [0.1, 0.15) is 5.39 Å². The van der Waals surface area contributed by atoms with Crippen molar-refractivity contribution in [2.45, 2.75) is 43.3 Å². The standard InChI is InChI=1S/C25H24N6O5S2/c1-14-4-9-21(15(2)10-14)31-23-20(12-26-31)24(34)30-18(13-37-25(30)28-23)11-22(33)27-17-5-7-19(8-6-17)38(35,36)29-16(3)32/h4-10,12,18H,11,13H2,1-3H3,(H,27,33)(H,29,32). The quantitative estimate of drug-likeness (QED) is 0.347. The lowest BCUT2D eigenvalue weighted by Crippen LogP contribution is -2.28. The minimum absolute atomic E-state index is 0.0320. The molecule has 3 heterocycles. The van der Waals surface area contributed by atoms with Crippen LogP contribution >= 0.6 is 11.8 Å². The predicted molar refractivity (Wildman–Crippen MR) is 143 cm³/mol. The molecule has 1 unspecified atom stereocenters. The van der Waals surface area contributed by atoms with Crippen LogP contribution in [0.5, 0.6) is 0 Å². The molecular formula is C25H24N6O5S2. The Bertz CT molecular complexity index is 1760. The van der Waals surface area contributed by atoms with Crippen LogP contribution in [0.25, 0.3) is 16.7 Å². The van der Waals surface area contributed by atoms with Gasteiger partial charge in [0.05, 0.1) is 22.8 Å². The molecule has 2 N–H and O–H groups in total. The lowest BCUT2D eigenvalue weighted by molar-refractivity contribution is -0.117. The normalized spacial score (nSPS) is 14.9. The number of amides is 2. The van der Waals surface area contributed by atoms with Crippen LogP contribution in [0.4, 0.5) is 5.69 Å². The molecule has 0 radical (unpaired) electrons. The van der Waals surface area contributed by atoms with Gasteiger partial charge in [-0.1, -0.05) is 29.5 Å². The van der Waals surface area contributed by atoms with Crippen LogP contribution in [0.2, 0.25) is 0 Å². The summed E-state index contributed by atoms with van der Waals surface area (Å²) in [5, 5.41) is 8.06. The number of aromatic nitrogens is 4. The number of thioether (sulfide) groups is 1. The van der Waals surface area contributed by atoms with E-state index < -0.39 is 22.0 Å². The summed E-state index contributed by atoms with van der Waals surface area (Å²) >= 11 is 1.41. The van der Waals surface area contributed by atoms with Crippen LogP contribution in [-0.2, 0) is 19.6 Å². The molecule has 0 aliphatic carbocycles. The molecule has 2 amide bonds. The van der Waals surface area contributed by atoms with Crippen molar-refractivity contribution in [2.75, 3.05) is 11.1 Å². The smallest absolute Gasteiger partial charge is 0.265 e. The number of anilines is 1. The molecule has 11 nitrogen and oxygen atoms in total. The first-order valence-electron chi connectivity index (χ1n) is 11.7. The molecule has 0 spiro atoms. The molecule has 0 saturated carbocycles. The van der Waals surface area contributed by atoms with E-state index in [1.54, 1.807) is 9.25 Å². The van der Waals surface area contributed by atoms with E-state index >= 15 is 0 Å².